The molecule has 0 bridgehead atoms. The number of hydrogen-bond donors (Lipinski definition) is 2. The topological polar surface area (TPSA) is 73.9 Å². The molecule has 1 aliphatic rings. The summed E-state index contributed by atoms with van der Waals surface area (Å²) in [5, 5.41) is 6.05. The van der Waals surface area contributed by atoms with E-state index in [-0.39, 0.29) is 11.0 Å². The Kier molecular flexibility index (Phi) is 8.30. The number of methoxy groups -OCH3 is 1. The van der Waals surface area contributed by atoms with Crippen molar-refractivity contribution in [1.82, 2.24) is 10.2 Å². The molecule has 1 amide bonds. The zero-order chi connectivity index (χ0) is 25.5. The summed E-state index contributed by atoms with van der Waals surface area (Å²) >= 11 is 5.46. The zero-order valence-corrected chi connectivity index (χ0v) is 21.3. The third-order valence-corrected chi connectivity index (χ3v) is 6.45. The third-order valence-electron chi connectivity index (χ3n) is 6.24. The van der Waals surface area contributed by atoms with Gasteiger partial charge in [-0.2, -0.15) is 0 Å². The molecule has 1 saturated heterocycles. The highest BCUT2D eigenvalue weighted by Crippen LogP contribution is 2.29. The predicted molar refractivity (Wildman–Crippen MR) is 147 cm³/mol. The quantitative estimate of drug-likeness (QED) is 0.386. The van der Waals surface area contributed by atoms with Crippen molar-refractivity contribution in [2.75, 3.05) is 43.5 Å². The average molecular weight is 503 g/mol. The van der Waals surface area contributed by atoms with E-state index in [1.807, 2.05) is 37.3 Å². The van der Waals surface area contributed by atoms with Crippen molar-refractivity contribution in [2.45, 2.75) is 13.5 Å². The Morgan fingerprint density at radius 3 is 2.33 bits per heavy atom. The van der Waals surface area contributed by atoms with E-state index >= 15 is 0 Å². The van der Waals surface area contributed by atoms with Gasteiger partial charge in [0, 0.05) is 38.3 Å². The summed E-state index contributed by atoms with van der Waals surface area (Å²) in [4.78, 5) is 29.6. The molecular weight excluding hydrogens is 472 g/mol. The van der Waals surface area contributed by atoms with E-state index in [9.17, 15) is 9.59 Å². The van der Waals surface area contributed by atoms with E-state index in [2.05, 4.69) is 44.7 Å². The highest BCUT2D eigenvalue weighted by molar-refractivity contribution is 7.80. The van der Waals surface area contributed by atoms with Gasteiger partial charge in [-0.1, -0.05) is 48.5 Å². The van der Waals surface area contributed by atoms with Gasteiger partial charge in [0.05, 0.1) is 24.0 Å². The van der Waals surface area contributed by atoms with Gasteiger partial charge in [0.15, 0.2) is 5.11 Å². The van der Waals surface area contributed by atoms with E-state index < -0.39 is 5.97 Å². The summed E-state index contributed by atoms with van der Waals surface area (Å²) in [5.41, 5.74) is 4.67. The fourth-order valence-electron chi connectivity index (χ4n) is 4.30. The van der Waals surface area contributed by atoms with Crippen molar-refractivity contribution in [2.24, 2.45) is 0 Å². The van der Waals surface area contributed by atoms with Crippen LogP contribution in [0.25, 0.3) is 0 Å². The number of rotatable bonds is 6. The Hall–Kier alpha value is -3.75. The fourth-order valence-corrected chi connectivity index (χ4v) is 4.50. The summed E-state index contributed by atoms with van der Waals surface area (Å²) in [7, 11) is 1.35. The van der Waals surface area contributed by atoms with Gasteiger partial charge in [-0.15, -0.1) is 0 Å². The van der Waals surface area contributed by atoms with E-state index in [0.717, 1.165) is 44.0 Å². The number of carbonyl (C=O) groups is 2. The number of hydrogen-bond acceptors (Lipinski definition) is 6. The summed E-state index contributed by atoms with van der Waals surface area (Å²) in [6.45, 7) is 6.24. The molecule has 0 radical (unpaired) electrons. The molecule has 0 aromatic heterocycles. The van der Waals surface area contributed by atoms with Gasteiger partial charge in [-0.05, 0) is 54.5 Å². The van der Waals surface area contributed by atoms with Crippen LogP contribution in [0.4, 0.5) is 11.4 Å². The maximum absolute atomic E-state index is 12.7. The second-order valence-corrected chi connectivity index (χ2v) is 9.10. The summed E-state index contributed by atoms with van der Waals surface area (Å²) < 4.78 is 4.90. The lowest BCUT2D eigenvalue weighted by Crippen LogP contribution is -2.46. The van der Waals surface area contributed by atoms with Crippen LogP contribution in [-0.2, 0) is 11.3 Å². The first-order valence-corrected chi connectivity index (χ1v) is 12.3. The molecule has 36 heavy (non-hydrogen) atoms. The number of thiocarbonyl (C=S) groups is 1. The van der Waals surface area contributed by atoms with Gasteiger partial charge in [-0.25, -0.2) is 4.79 Å². The monoisotopic (exact) mass is 502 g/mol. The van der Waals surface area contributed by atoms with E-state index in [0.29, 0.717) is 16.8 Å². The Labute approximate surface area is 217 Å². The second-order valence-electron chi connectivity index (χ2n) is 8.70. The molecule has 0 unspecified atom stereocenters. The van der Waals surface area contributed by atoms with Crippen LogP contribution in [-0.4, -0.2) is 55.2 Å². The maximum atomic E-state index is 12.7. The average Bonchev–Trinajstić information content (AvgIpc) is 2.89. The van der Waals surface area contributed by atoms with Crippen molar-refractivity contribution < 1.29 is 14.3 Å². The Bertz CT molecular complexity index is 1240. The number of amides is 1. The van der Waals surface area contributed by atoms with Crippen molar-refractivity contribution in [3.05, 3.63) is 95.1 Å². The fraction of sp³-hybridized carbons (Fsp3) is 0.250. The van der Waals surface area contributed by atoms with E-state index in [4.69, 9.17) is 17.0 Å². The van der Waals surface area contributed by atoms with Gasteiger partial charge in [0.2, 0.25) is 0 Å². The smallest absolute Gasteiger partial charge is 0.337 e. The number of aryl methyl sites for hydroxylation is 1. The molecule has 3 aromatic rings. The molecule has 7 nitrogen and oxygen atoms in total. The van der Waals surface area contributed by atoms with E-state index in [1.54, 1.807) is 18.2 Å². The van der Waals surface area contributed by atoms with Crippen LogP contribution >= 0.6 is 12.2 Å². The minimum absolute atomic E-state index is 0.161. The number of benzene rings is 3. The van der Waals surface area contributed by atoms with Crippen LogP contribution in [0, 0.1) is 6.92 Å². The van der Waals surface area contributed by atoms with Crippen LogP contribution in [0.15, 0.2) is 72.8 Å². The molecule has 8 heteroatoms. The molecule has 0 atom stereocenters. The lowest BCUT2D eigenvalue weighted by atomic mass is 10.1. The summed E-state index contributed by atoms with van der Waals surface area (Å²) in [6.07, 6.45) is 0. The first-order chi connectivity index (χ1) is 17.4. The molecule has 186 valence electrons. The molecule has 2 N–H and O–H groups in total. The lowest BCUT2D eigenvalue weighted by molar-refractivity contribution is 0.0600. The molecule has 0 aliphatic carbocycles. The molecular formula is C28H30N4O3S. The normalized spacial score (nSPS) is 13.7. The minimum atomic E-state index is -0.438. The number of carbonyl (C=O) groups excluding carboxylic acids is 2. The van der Waals surface area contributed by atoms with Crippen LogP contribution in [0.5, 0.6) is 0 Å². The highest BCUT2D eigenvalue weighted by atomic mass is 32.1. The number of esters is 1. The molecule has 0 saturated carbocycles. The van der Waals surface area contributed by atoms with Gasteiger partial charge >= 0.3 is 5.97 Å². The zero-order valence-electron chi connectivity index (χ0n) is 20.5. The molecule has 0 spiro atoms. The van der Waals surface area contributed by atoms with Crippen molar-refractivity contribution >= 4 is 40.6 Å². The molecule has 1 heterocycles. The molecule has 3 aromatic carbocycles. The number of nitrogens with zero attached hydrogens (tertiary/aromatic N) is 2. The first-order valence-electron chi connectivity index (χ1n) is 11.9. The standard InChI is InChI=1S/C28H30N4O3S/c1-20-8-6-7-11-23(20)26(33)30-28(36)29-24-18-22(27(34)35-2)12-13-25(24)32-16-14-31(15-17-32)19-21-9-4-3-5-10-21/h3-13,18H,14-17,19H2,1-2H3,(H2,29,30,33,36). The predicted octanol–water partition coefficient (Wildman–Crippen LogP) is 4.23. The molecule has 4 rings (SSSR count). The number of anilines is 2. The molecule has 1 aliphatic heterocycles. The summed E-state index contributed by atoms with van der Waals surface area (Å²) in [6, 6.07) is 23.1. The maximum Gasteiger partial charge on any atom is 0.337 e. The van der Waals surface area contributed by atoms with Crippen LogP contribution < -0.4 is 15.5 Å². The molecule has 1 fully saturated rings. The van der Waals surface area contributed by atoms with Gasteiger partial charge in [-0.3, -0.25) is 15.0 Å². The number of ether oxygens (including phenoxy) is 1. The largest absolute Gasteiger partial charge is 0.465 e. The van der Waals surface area contributed by atoms with Crippen LogP contribution in [0.3, 0.4) is 0 Å². The highest BCUT2D eigenvalue weighted by Gasteiger charge is 2.21. The van der Waals surface area contributed by atoms with Crippen LogP contribution in [0.2, 0.25) is 0 Å². The van der Waals surface area contributed by atoms with Gasteiger partial charge < -0.3 is 15.0 Å². The van der Waals surface area contributed by atoms with Crippen molar-refractivity contribution in [1.29, 1.82) is 0 Å². The number of piperazine rings is 1. The van der Waals surface area contributed by atoms with Crippen molar-refractivity contribution in [3.63, 3.8) is 0 Å². The number of nitrogens with one attached hydrogen (secondary N) is 2. The first kappa shape index (κ1) is 25.3. The summed E-state index contributed by atoms with van der Waals surface area (Å²) in [5.74, 6) is -0.724. The van der Waals surface area contributed by atoms with Gasteiger partial charge in [0.25, 0.3) is 5.91 Å². The Morgan fingerprint density at radius 1 is 0.944 bits per heavy atom. The SMILES string of the molecule is COC(=O)c1ccc(N2CCN(Cc3ccccc3)CC2)c(NC(=S)NC(=O)c2ccccc2C)c1. The third kappa shape index (κ3) is 6.27. The Morgan fingerprint density at radius 2 is 1.64 bits per heavy atom. The second kappa shape index (κ2) is 11.8. The van der Waals surface area contributed by atoms with Crippen LogP contribution in [0.1, 0.15) is 31.8 Å². The minimum Gasteiger partial charge on any atom is -0.465 e. The Balaban J connectivity index is 1.47. The van der Waals surface area contributed by atoms with E-state index in [1.165, 1.54) is 12.7 Å². The van der Waals surface area contributed by atoms with Gasteiger partial charge in [0.1, 0.15) is 0 Å². The van der Waals surface area contributed by atoms with Crippen molar-refractivity contribution in [3.8, 4) is 0 Å². The lowest BCUT2D eigenvalue weighted by Gasteiger charge is -2.37.